The highest BCUT2D eigenvalue weighted by molar-refractivity contribution is 5.91. The molecule has 0 atom stereocenters. The number of alkyl halides is 3. The standard InChI is InChI=1S/C17H13F3N6O3/c1-3-29-16(28)13-8(2)26-12-5-11(25-7-21-6-22-25)9(17(18,19)20)4-10(12)23-15(27)14(26)24-13/h4-7H,3H2,1-2H3,(H,23,27). The average Bonchev–Trinajstić information content (AvgIpc) is 3.29. The van der Waals surface area contributed by atoms with E-state index in [9.17, 15) is 22.8 Å². The second-order valence-corrected chi connectivity index (χ2v) is 6.10. The zero-order chi connectivity index (χ0) is 20.9. The third-order valence-electron chi connectivity index (χ3n) is 4.35. The number of hydrogen-bond donors (Lipinski definition) is 1. The number of rotatable bonds is 3. The number of halogens is 3. The number of hydrogen-bond acceptors (Lipinski definition) is 6. The lowest BCUT2D eigenvalue weighted by atomic mass is 10.1. The van der Waals surface area contributed by atoms with Crippen LogP contribution >= 0.6 is 0 Å². The molecular formula is C17H13F3N6O3. The van der Waals surface area contributed by atoms with E-state index in [1.807, 2.05) is 0 Å². The summed E-state index contributed by atoms with van der Waals surface area (Å²) in [6.45, 7) is 3.25. The molecule has 150 valence electrons. The van der Waals surface area contributed by atoms with Gasteiger partial charge in [-0.05, 0) is 26.0 Å². The Morgan fingerprint density at radius 1 is 1.31 bits per heavy atom. The van der Waals surface area contributed by atoms with Gasteiger partial charge in [0.15, 0.2) is 5.69 Å². The first-order valence-electron chi connectivity index (χ1n) is 8.40. The zero-order valence-electron chi connectivity index (χ0n) is 15.1. The van der Waals surface area contributed by atoms with E-state index in [-0.39, 0.29) is 40.4 Å². The second-order valence-electron chi connectivity index (χ2n) is 6.10. The SMILES string of the molecule is CCOC(=O)c1nc2c(=O)[nH]c3cc(C(F)(F)F)c(-n4cncn4)cc3n2c1C. The number of fused-ring (bicyclic) bond motifs is 3. The fraction of sp³-hybridized carbons (Fsp3) is 0.235. The Morgan fingerprint density at radius 2 is 2.07 bits per heavy atom. The third kappa shape index (κ3) is 2.92. The van der Waals surface area contributed by atoms with Crippen LogP contribution in [0.2, 0.25) is 0 Å². The molecule has 1 aromatic carbocycles. The van der Waals surface area contributed by atoms with Crippen LogP contribution in [-0.4, -0.2) is 41.7 Å². The van der Waals surface area contributed by atoms with Crippen molar-refractivity contribution in [3.8, 4) is 5.69 Å². The molecule has 0 bridgehead atoms. The number of ether oxygens (including phenoxy) is 1. The summed E-state index contributed by atoms with van der Waals surface area (Å²) in [5.41, 5.74) is -1.87. The van der Waals surface area contributed by atoms with Crippen LogP contribution in [0.1, 0.15) is 28.7 Å². The van der Waals surface area contributed by atoms with E-state index >= 15 is 0 Å². The summed E-state index contributed by atoms with van der Waals surface area (Å²) in [5.74, 6) is -0.732. The summed E-state index contributed by atoms with van der Waals surface area (Å²) in [6, 6.07) is 2.02. The Bertz CT molecular complexity index is 1300. The molecule has 0 spiro atoms. The Labute approximate surface area is 159 Å². The Morgan fingerprint density at radius 3 is 2.69 bits per heavy atom. The molecule has 0 radical (unpaired) electrons. The molecule has 3 aromatic heterocycles. The first-order chi connectivity index (χ1) is 13.7. The van der Waals surface area contributed by atoms with E-state index in [2.05, 4.69) is 20.1 Å². The number of nitrogens with one attached hydrogen (secondary N) is 1. The molecule has 4 rings (SSSR count). The largest absolute Gasteiger partial charge is 0.461 e. The van der Waals surface area contributed by atoms with Gasteiger partial charge in [0.05, 0.1) is 34.6 Å². The molecule has 4 aromatic rings. The molecule has 3 heterocycles. The first-order valence-corrected chi connectivity index (χ1v) is 8.40. The molecule has 0 aliphatic heterocycles. The van der Waals surface area contributed by atoms with Gasteiger partial charge < -0.3 is 9.72 Å². The van der Waals surface area contributed by atoms with Crippen molar-refractivity contribution in [2.75, 3.05) is 6.61 Å². The molecule has 0 aliphatic rings. The van der Waals surface area contributed by atoms with Gasteiger partial charge in [-0.3, -0.25) is 9.20 Å². The van der Waals surface area contributed by atoms with Gasteiger partial charge in [-0.1, -0.05) is 0 Å². The fourth-order valence-electron chi connectivity index (χ4n) is 3.13. The molecule has 12 heteroatoms. The number of carbonyl (C=O) groups is 1. The van der Waals surface area contributed by atoms with Crippen molar-refractivity contribution in [2.24, 2.45) is 0 Å². The zero-order valence-corrected chi connectivity index (χ0v) is 15.1. The van der Waals surface area contributed by atoms with Gasteiger partial charge in [0.25, 0.3) is 5.56 Å². The minimum atomic E-state index is -4.71. The number of carbonyl (C=O) groups excluding carboxylic acids is 1. The highest BCUT2D eigenvalue weighted by atomic mass is 19.4. The number of aromatic nitrogens is 6. The van der Waals surface area contributed by atoms with Crippen LogP contribution in [0.3, 0.4) is 0 Å². The number of imidazole rings is 1. The average molecular weight is 406 g/mol. The van der Waals surface area contributed by atoms with Crippen molar-refractivity contribution in [2.45, 2.75) is 20.0 Å². The van der Waals surface area contributed by atoms with Crippen LogP contribution in [0.5, 0.6) is 0 Å². The van der Waals surface area contributed by atoms with Gasteiger partial charge in [0.2, 0.25) is 5.65 Å². The number of benzene rings is 1. The predicted molar refractivity (Wildman–Crippen MR) is 93.9 cm³/mol. The first kappa shape index (κ1) is 18.7. The molecule has 29 heavy (non-hydrogen) atoms. The summed E-state index contributed by atoms with van der Waals surface area (Å²) >= 11 is 0. The van der Waals surface area contributed by atoms with Crippen molar-refractivity contribution >= 4 is 22.6 Å². The van der Waals surface area contributed by atoms with Crippen LogP contribution in [0.25, 0.3) is 22.4 Å². The Kier molecular flexibility index (Phi) is 4.14. The molecule has 0 unspecified atom stereocenters. The van der Waals surface area contributed by atoms with Crippen LogP contribution in [0.15, 0.2) is 29.6 Å². The van der Waals surface area contributed by atoms with Crippen molar-refractivity contribution in [1.29, 1.82) is 0 Å². The molecule has 0 fully saturated rings. The Balaban J connectivity index is 2.12. The molecule has 0 saturated carbocycles. The summed E-state index contributed by atoms with van der Waals surface area (Å²) in [5, 5.41) is 3.78. The summed E-state index contributed by atoms with van der Waals surface area (Å²) < 4.78 is 48.1. The normalized spacial score (nSPS) is 12.0. The molecule has 0 aliphatic carbocycles. The van der Waals surface area contributed by atoms with Gasteiger partial charge in [-0.2, -0.15) is 18.3 Å². The lowest BCUT2D eigenvalue weighted by molar-refractivity contribution is -0.137. The van der Waals surface area contributed by atoms with Crippen LogP contribution in [0, 0.1) is 6.92 Å². The highest BCUT2D eigenvalue weighted by Crippen LogP contribution is 2.36. The fourth-order valence-corrected chi connectivity index (χ4v) is 3.13. The minimum absolute atomic E-state index is 0.0744. The van der Waals surface area contributed by atoms with E-state index < -0.39 is 23.3 Å². The van der Waals surface area contributed by atoms with Crippen LogP contribution in [0.4, 0.5) is 13.2 Å². The maximum atomic E-state index is 13.6. The van der Waals surface area contributed by atoms with Gasteiger partial charge >= 0.3 is 12.1 Å². The van der Waals surface area contributed by atoms with Crippen molar-refractivity contribution < 1.29 is 22.7 Å². The van der Waals surface area contributed by atoms with E-state index in [1.165, 1.54) is 17.4 Å². The molecule has 1 N–H and O–H groups in total. The van der Waals surface area contributed by atoms with E-state index in [1.54, 1.807) is 6.92 Å². The topological polar surface area (TPSA) is 107 Å². The lowest BCUT2D eigenvalue weighted by Gasteiger charge is -2.14. The number of esters is 1. The van der Waals surface area contributed by atoms with Crippen molar-refractivity contribution in [3.05, 3.63) is 52.1 Å². The minimum Gasteiger partial charge on any atom is -0.461 e. The number of nitrogens with zero attached hydrogens (tertiary/aromatic N) is 5. The van der Waals surface area contributed by atoms with Crippen LogP contribution in [-0.2, 0) is 10.9 Å². The predicted octanol–water partition coefficient (Wildman–Crippen LogP) is 2.26. The van der Waals surface area contributed by atoms with Crippen molar-refractivity contribution in [1.82, 2.24) is 29.1 Å². The monoisotopic (exact) mass is 406 g/mol. The molecule has 9 nitrogen and oxygen atoms in total. The van der Waals surface area contributed by atoms with E-state index in [0.717, 1.165) is 23.4 Å². The Hall–Kier alpha value is -3.70. The maximum absolute atomic E-state index is 13.6. The summed E-state index contributed by atoms with van der Waals surface area (Å²) in [4.78, 5) is 34.7. The second kappa shape index (κ2) is 6.43. The maximum Gasteiger partial charge on any atom is 0.418 e. The highest BCUT2D eigenvalue weighted by Gasteiger charge is 2.35. The lowest BCUT2D eigenvalue weighted by Crippen LogP contribution is -2.15. The van der Waals surface area contributed by atoms with E-state index in [4.69, 9.17) is 4.74 Å². The van der Waals surface area contributed by atoms with Crippen LogP contribution < -0.4 is 5.56 Å². The quantitative estimate of drug-likeness (QED) is 0.523. The van der Waals surface area contributed by atoms with Crippen molar-refractivity contribution in [3.63, 3.8) is 0 Å². The van der Waals surface area contributed by atoms with Gasteiger partial charge in [0.1, 0.15) is 12.7 Å². The summed E-state index contributed by atoms with van der Waals surface area (Å²) in [7, 11) is 0. The molecule has 0 amide bonds. The van der Waals surface area contributed by atoms with E-state index in [0.29, 0.717) is 0 Å². The van der Waals surface area contributed by atoms with Gasteiger partial charge in [-0.25, -0.2) is 19.4 Å². The number of aromatic amines is 1. The van der Waals surface area contributed by atoms with Gasteiger partial charge in [0, 0.05) is 0 Å². The third-order valence-corrected chi connectivity index (χ3v) is 4.35. The number of H-pyrrole nitrogens is 1. The van der Waals surface area contributed by atoms with Gasteiger partial charge in [-0.15, -0.1) is 0 Å². The summed E-state index contributed by atoms with van der Waals surface area (Å²) in [6.07, 6.45) is -2.47. The smallest absolute Gasteiger partial charge is 0.418 e. The number of aryl methyl sites for hydroxylation is 1. The molecular weight excluding hydrogens is 393 g/mol. The molecule has 0 saturated heterocycles.